The molecule has 0 atom stereocenters. The van der Waals surface area contributed by atoms with Crippen molar-refractivity contribution in [1.82, 2.24) is 15.5 Å². The normalized spacial score (nSPS) is 10.9. The molecule has 1 amide bonds. The van der Waals surface area contributed by atoms with Crippen LogP contribution in [0.4, 0.5) is 0 Å². The fourth-order valence-corrected chi connectivity index (χ4v) is 0.711. The van der Waals surface area contributed by atoms with Crippen molar-refractivity contribution < 1.29 is 10.9 Å². The summed E-state index contributed by atoms with van der Waals surface area (Å²) in [7, 11) is 1.56. The monoisotopic (exact) mass is 170 g/mol. The van der Waals surface area contributed by atoms with Crippen LogP contribution in [0.25, 0.3) is 0 Å². The number of hydrogen-bond donors (Lipinski definition) is 2. The average Bonchev–Trinajstić information content (AvgIpc) is 2.52. The van der Waals surface area contributed by atoms with Crippen molar-refractivity contribution in [2.24, 2.45) is 0 Å². The molecule has 0 unspecified atom stereocenters. The number of H-pyrrole nitrogens is 1. The lowest BCUT2D eigenvalue weighted by atomic mass is 10.4. The molecule has 0 aromatic carbocycles. The van der Waals surface area contributed by atoms with Gasteiger partial charge >= 0.3 is 0 Å². The van der Waals surface area contributed by atoms with Crippen LogP contribution in [0.2, 0.25) is 1.41 Å². The van der Waals surface area contributed by atoms with Crippen molar-refractivity contribution >= 4 is 5.91 Å². The van der Waals surface area contributed by atoms with Gasteiger partial charge in [0.2, 0.25) is 0 Å². The average molecular weight is 170 g/mol. The number of ether oxygens (including phenoxy) is 1. The summed E-state index contributed by atoms with van der Waals surface area (Å²) in [5.74, 6) is -0.289. The van der Waals surface area contributed by atoms with E-state index in [0.29, 0.717) is 13.2 Å². The van der Waals surface area contributed by atoms with Crippen molar-refractivity contribution in [3.8, 4) is 0 Å². The van der Waals surface area contributed by atoms with Crippen LogP contribution in [0.3, 0.4) is 0 Å². The Hall–Kier alpha value is -1.36. The number of aromatic nitrogens is 2. The van der Waals surface area contributed by atoms with E-state index in [4.69, 9.17) is 6.15 Å². The summed E-state index contributed by atoms with van der Waals surface area (Å²) in [4.78, 5) is 11.2. The van der Waals surface area contributed by atoms with E-state index in [1.807, 2.05) is 0 Å². The van der Waals surface area contributed by atoms with Crippen LogP contribution in [-0.4, -0.2) is 36.4 Å². The van der Waals surface area contributed by atoms with Gasteiger partial charge in [-0.05, 0) is 6.07 Å². The minimum atomic E-state index is -0.289. The molecule has 0 saturated carbocycles. The lowest BCUT2D eigenvalue weighted by molar-refractivity contribution is 0.0932. The molecule has 1 rings (SSSR count). The molecular weight excluding hydrogens is 158 g/mol. The van der Waals surface area contributed by atoms with Gasteiger partial charge in [0.05, 0.1) is 6.61 Å². The van der Waals surface area contributed by atoms with Crippen LogP contribution in [0.15, 0.2) is 12.3 Å². The molecule has 2 N–H and O–H groups in total. The third kappa shape index (κ3) is 2.35. The highest BCUT2D eigenvalue weighted by molar-refractivity contribution is 5.91. The van der Waals surface area contributed by atoms with Crippen molar-refractivity contribution in [3.63, 3.8) is 0 Å². The van der Waals surface area contributed by atoms with Crippen molar-refractivity contribution in [2.45, 2.75) is 0 Å². The summed E-state index contributed by atoms with van der Waals surface area (Å²) in [6.07, 6.45) is 1.39. The van der Waals surface area contributed by atoms with Crippen LogP contribution in [0, 0.1) is 0 Å². The quantitative estimate of drug-likeness (QED) is 0.614. The Labute approximate surface area is 71.6 Å². The van der Waals surface area contributed by atoms with Crippen LogP contribution < -0.4 is 5.32 Å². The molecule has 0 aliphatic heterocycles. The summed E-state index contributed by atoms with van der Waals surface area (Å²) in [5, 5.41) is 7.05. The van der Waals surface area contributed by atoms with Gasteiger partial charge in [-0.2, -0.15) is 5.10 Å². The Morgan fingerprint density at radius 3 is 3.42 bits per heavy atom. The third-order valence-corrected chi connectivity index (χ3v) is 1.29. The van der Waals surface area contributed by atoms with Gasteiger partial charge in [-0.1, -0.05) is 0 Å². The predicted octanol–water partition coefficient (Wildman–Crippen LogP) is -0.214. The number of amides is 1. The highest BCUT2D eigenvalue weighted by Gasteiger charge is 2.04. The largest absolute Gasteiger partial charge is 0.383 e. The standard InChI is InChI=1S/C7H11N3O2/c1-12-5-4-8-7(11)6-2-3-9-10-6/h2-3H,4-5H2,1H3,(H,8,11)(H,9,10)/i/hD. The second-order valence-electron chi connectivity index (χ2n) is 2.17. The van der Waals surface area contributed by atoms with E-state index in [-0.39, 0.29) is 11.6 Å². The van der Waals surface area contributed by atoms with Crippen LogP contribution >= 0.6 is 0 Å². The topological polar surface area (TPSA) is 67.0 Å². The third-order valence-electron chi connectivity index (χ3n) is 1.29. The van der Waals surface area contributed by atoms with Gasteiger partial charge in [0, 0.05) is 19.9 Å². The number of nitrogens with one attached hydrogen (secondary N) is 2. The zero-order chi connectivity index (χ0) is 9.68. The predicted molar refractivity (Wildman–Crippen MR) is 42.8 cm³/mol. The molecule has 5 nitrogen and oxygen atoms in total. The maximum atomic E-state index is 11.2. The summed E-state index contributed by atoms with van der Waals surface area (Å²) in [6, 6.07) is 1.48. The molecule has 0 bridgehead atoms. The van der Waals surface area contributed by atoms with Crippen molar-refractivity contribution in [1.29, 1.82) is 0 Å². The Morgan fingerprint density at radius 1 is 2.00 bits per heavy atom. The lowest BCUT2D eigenvalue weighted by Crippen LogP contribution is -2.27. The first-order chi connectivity index (χ1) is 6.24. The molecule has 0 fully saturated rings. The van der Waals surface area contributed by atoms with E-state index in [9.17, 15) is 4.79 Å². The molecule has 1 aromatic heterocycles. The minimum Gasteiger partial charge on any atom is -0.383 e. The summed E-state index contributed by atoms with van der Waals surface area (Å²) >= 11 is 0. The smallest absolute Gasteiger partial charge is 0.271 e. The van der Waals surface area contributed by atoms with E-state index in [1.165, 1.54) is 12.3 Å². The van der Waals surface area contributed by atoms with E-state index >= 15 is 0 Å². The number of methoxy groups -OCH3 is 1. The zero-order valence-electron chi connectivity index (χ0n) is 7.78. The molecular formula is C7H11N3O2. The first-order valence-electron chi connectivity index (χ1n) is 4.01. The molecule has 1 aromatic rings. The first-order valence-corrected chi connectivity index (χ1v) is 3.56. The maximum Gasteiger partial charge on any atom is 0.271 e. The zero-order valence-corrected chi connectivity index (χ0v) is 6.78. The van der Waals surface area contributed by atoms with E-state index in [2.05, 4.69) is 10.4 Å². The first kappa shape index (κ1) is 7.30. The molecule has 0 aliphatic carbocycles. The molecule has 1 heterocycles. The molecule has 12 heavy (non-hydrogen) atoms. The number of aromatic amines is 1. The highest BCUT2D eigenvalue weighted by atomic mass is 16.5. The van der Waals surface area contributed by atoms with Crippen LogP contribution in [0.1, 0.15) is 10.5 Å². The van der Waals surface area contributed by atoms with Gasteiger partial charge in [0.1, 0.15) is 5.69 Å². The molecule has 0 saturated heterocycles. The molecule has 0 aliphatic rings. The Bertz CT molecular complexity index is 287. The number of rotatable bonds is 4. The number of nitrogens with zero attached hydrogens (tertiary/aromatic N) is 1. The second-order valence-corrected chi connectivity index (χ2v) is 2.17. The van der Waals surface area contributed by atoms with E-state index in [1.54, 1.807) is 7.11 Å². The Balaban J connectivity index is 2.40. The fourth-order valence-electron chi connectivity index (χ4n) is 0.711. The summed E-state index contributed by atoms with van der Waals surface area (Å²) in [5.41, 5.74) is 0.242. The van der Waals surface area contributed by atoms with Gasteiger partial charge < -0.3 is 10.1 Å². The summed E-state index contributed by atoms with van der Waals surface area (Å²) in [6.45, 7) is 0.910. The van der Waals surface area contributed by atoms with Gasteiger partial charge in [-0.25, -0.2) is 0 Å². The van der Waals surface area contributed by atoms with Gasteiger partial charge in [-0.3, -0.25) is 9.89 Å². The van der Waals surface area contributed by atoms with Gasteiger partial charge in [-0.15, -0.1) is 0 Å². The fraction of sp³-hybridized carbons (Fsp3) is 0.429. The molecule has 5 heteroatoms. The highest BCUT2D eigenvalue weighted by Crippen LogP contribution is 1.89. The number of hydrogen-bond acceptors (Lipinski definition) is 3. The van der Waals surface area contributed by atoms with E-state index < -0.39 is 0 Å². The Morgan fingerprint density at radius 2 is 2.83 bits per heavy atom. The van der Waals surface area contributed by atoms with Gasteiger partial charge in [0.25, 0.3) is 5.91 Å². The lowest BCUT2D eigenvalue weighted by Gasteiger charge is -2.00. The summed E-state index contributed by atoms with van der Waals surface area (Å²) < 4.78 is 11.8. The van der Waals surface area contributed by atoms with Crippen LogP contribution in [0.5, 0.6) is 0 Å². The molecule has 0 radical (unpaired) electrons. The molecule has 0 spiro atoms. The SMILES string of the molecule is [2H]n1ccc(C(=O)NCCOC)n1. The maximum absolute atomic E-state index is 11.2. The van der Waals surface area contributed by atoms with Gasteiger partial charge in [0.15, 0.2) is 1.41 Å². The molecule has 66 valence electrons. The van der Waals surface area contributed by atoms with E-state index in [0.717, 1.165) is 5.09 Å². The number of carbonyl (C=O) groups is 1. The Kier molecular flexibility index (Phi) is 2.74. The second kappa shape index (κ2) is 4.50. The minimum absolute atomic E-state index is 0.242. The van der Waals surface area contributed by atoms with Crippen LogP contribution in [-0.2, 0) is 4.74 Å². The van der Waals surface area contributed by atoms with Crippen molar-refractivity contribution in [3.05, 3.63) is 18.0 Å². The number of carbonyl (C=O) groups excluding carboxylic acids is 1. The van der Waals surface area contributed by atoms with Crippen molar-refractivity contribution in [2.75, 3.05) is 20.3 Å².